The Bertz CT molecular complexity index is 1090. The van der Waals surface area contributed by atoms with Crippen LogP contribution in [0.1, 0.15) is 5.56 Å². The monoisotopic (exact) mass is 412 g/mol. The minimum atomic E-state index is -0.460. The van der Waals surface area contributed by atoms with Crippen molar-refractivity contribution in [1.29, 1.82) is 0 Å². The number of non-ortho nitro benzene ring substituents is 1. The number of nitro groups is 1. The number of carbonyl (C=O) groups is 1. The molecule has 0 spiro atoms. The molecule has 0 radical (unpaired) electrons. The minimum Gasteiger partial charge on any atom is -0.345 e. The van der Waals surface area contributed by atoms with Gasteiger partial charge in [-0.05, 0) is 35.9 Å². The Labute approximate surface area is 169 Å². The Kier molecular flexibility index (Phi) is 5.22. The molecule has 1 aromatic heterocycles. The number of benzene rings is 2. The van der Waals surface area contributed by atoms with Crippen LogP contribution in [0.3, 0.4) is 0 Å². The summed E-state index contributed by atoms with van der Waals surface area (Å²) in [6.45, 7) is 2.33. The lowest BCUT2D eigenvalue weighted by Gasteiger charge is -2.34. The van der Waals surface area contributed by atoms with E-state index in [1.165, 1.54) is 35.6 Å². The smallest absolute Gasteiger partial charge is 0.269 e. The minimum absolute atomic E-state index is 0.0133. The van der Waals surface area contributed by atoms with Crippen LogP contribution in [-0.2, 0) is 4.79 Å². The number of aromatic nitrogens is 1. The number of thiazole rings is 1. The maximum Gasteiger partial charge on any atom is 0.269 e. The molecule has 1 aliphatic heterocycles. The maximum atomic E-state index is 13.9. The van der Waals surface area contributed by atoms with Crippen LogP contribution in [0.4, 0.5) is 15.2 Å². The summed E-state index contributed by atoms with van der Waals surface area (Å²) in [5.41, 5.74) is 1.12. The molecule has 1 saturated heterocycles. The SMILES string of the molecule is O=C(/C=C\c1ccc([N+](=O)[O-])cc1)N1CCN(c2nc3c(F)cccc3s2)CC1. The van der Waals surface area contributed by atoms with Crippen molar-refractivity contribution in [2.75, 3.05) is 31.1 Å². The van der Waals surface area contributed by atoms with Crippen LogP contribution in [-0.4, -0.2) is 46.9 Å². The number of amides is 1. The summed E-state index contributed by atoms with van der Waals surface area (Å²) in [6, 6.07) is 10.9. The number of rotatable bonds is 4. The fourth-order valence-corrected chi connectivity index (χ4v) is 4.17. The molecule has 2 aromatic carbocycles. The van der Waals surface area contributed by atoms with Gasteiger partial charge in [0, 0.05) is 44.4 Å². The third kappa shape index (κ3) is 4.09. The highest BCUT2D eigenvalue weighted by molar-refractivity contribution is 7.22. The Morgan fingerprint density at radius 1 is 1.14 bits per heavy atom. The van der Waals surface area contributed by atoms with Crippen molar-refractivity contribution in [3.8, 4) is 0 Å². The zero-order chi connectivity index (χ0) is 20.4. The van der Waals surface area contributed by atoms with E-state index >= 15 is 0 Å². The third-order valence-electron chi connectivity index (χ3n) is 4.74. The molecule has 1 amide bonds. The molecule has 148 valence electrons. The second-order valence-electron chi connectivity index (χ2n) is 6.58. The van der Waals surface area contributed by atoms with Gasteiger partial charge in [0.15, 0.2) is 5.13 Å². The lowest BCUT2D eigenvalue weighted by molar-refractivity contribution is -0.384. The van der Waals surface area contributed by atoms with Gasteiger partial charge in [-0.1, -0.05) is 17.4 Å². The van der Waals surface area contributed by atoms with Gasteiger partial charge >= 0.3 is 0 Å². The lowest BCUT2D eigenvalue weighted by atomic mass is 10.2. The summed E-state index contributed by atoms with van der Waals surface area (Å²) >= 11 is 1.45. The van der Waals surface area contributed by atoms with Crippen molar-refractivity contribution in [3.63, 3.8) is 0 Å². The molecular weight excluding hydrogens is 395 g/mol. The zero-order valence-electron chi connectivity index (χ0n) is 15.3. The Balaban J connectivity index is 1.36. The molecule has 9 heteroatoms. The quantitative estimate of drug-likeness (QED) is 0.371. The van der Waals surface area contributed by atoms with Gasteiger partial charge in [0.1, 0.15) is 11.3 Å². The number of nitro benzene ring substituents is 1. The second-order valence-corrected chi connectivity index (χ2v) is 7.59. The van der Waals surface area contributed by atoms with E-state index in [-0.39, 0.29) is 17.4 Å². The van der Waals surface area contributed by atoms with E-state index in [2.05, 4.69) is 9.88 Å². The van der Waals surface area contributed by atoms with Gasteiger partial charge < -0.3 is 9.80 Å². The Morgan fingerprint density at radius 2 is 1.86 bits per heavy atom. The molecule has 0 N–H and O–H groups in total. The van der Waals surface area contributed by atoms with E-state index in [1.807, 2.05) is 6.07 Å². The standard InChI is InChI=1S/C20H17FN4O3S/c21-16-2-1-3-17-19(16)22-20(29-17)24-12-10-23(11-13-24)18(26)9-6-14-4-7-15(8-5-14)25(27)28/h1-9H,10-13H2/b9-6-. The number of halogens is 1. The molecule has 29 heavy (non-hydrogen) atoms. The van der Waals surface area contributed by atoms with Gasteiger partial charge in [-0.15, -0.1) is 0 Å². The first kappa shape index (κ1) is 19.0. The van der Waals surface area contributed by atoms with Crippen molar-refractivity contribution < 1.29 is 14.1 Å². The number of fused-ring (bicyclic) bond motifs is 1. The van der Waals surface area contributed by atoms with Crippen LogP contribution < -0.4 is 4.90 Å². The molecule has 7 nitrogen and oxygen atoms in total. The van der Waals surface area contributed by atoms with Crippen molar-refractivity contribution in [1.82, 2.24) is 9.88 Å². The Hall–Kier alpha value is -3.33. The van der Waals surface area contributed by atoms with Crippen LogP contribution in [0.15, 0.2) is 48.5 Å². The predicted molar refractivity (Wildman–Crippen MR) is 111 cm³/mol. The van der Waals surface area contributed by atoms with Gasteiger partial charge in [-0.3, -0.25) is 14.9 Å². The van der Waals surface area contributed by atoms with Crippen LogP contribution >= 0.6 is 11.3 Å². The highest BCUT2D eigenvalue weighted by atomic mass is 32.1. The topological polar surface area (TPSA) is 79.6 Å². The first-order valence-corrected chi connectivity index (χ1v) is 9.84. The average molecular weight is 412 g/mol. The van der Waals surface area contributed by atoms with Crippen molar-refractivity contribution in [3.05, 3.63) is 70.0 Å². The number of hydrogen-bond acceptors (Lipinski definition) is 6. The van der Waals surface area contributed by atoms with Crippen LogP contribution in [0, 0.1) is 15.9 Å². The van der Waals surface area contributed by atoms with Gasteiger partial charge in [-0.2, -0.15) is 0 Å². The summed E-state index contributed by atoms with van der Waals surface area (Å²) in [5.74, 6) is -0.437. The van der Waals surface area contributed by atoms with Crippen molar-refractivity contribution >= 4 is 44.4 Å². The molecule has 3 aromatic rings. The van der Waals surface area contributed by atoms with E-state index in [9.17, 15) is 19.3 Å². The highest BCUT2D eigenvalue weighted by Gasteiger charge is 2.22. The molecular formula is C20H17FN4O3S. The largest absolute Gasteiger partial charge is 0.345 e. The van der Waals surface area contributed by atoms with Gasteiger partial charge in [0.05, 0.1) is 9.62 Å². The predicted octanol–water partition coefficient (Wildman–Crippen LogP) is 3.71. The fourth-order valence-electron chi connectivity index (χ4n) is 3.14. The summed E-state index contributed by atoms with van der Waals surface area (Å²) < 4.78 is 14.7. The molecule has 1 aliphatic rings. The summed E-state index contributed by atoms with van der Waals surface area (Å²) in [5, 5.41) is 11.4. The summed E-state index contributed by atoms with van der Waals surface area (Å²) in [4.78, 5) is 30.9. The summed E-state index contributed by atoms with van der Waals surface area (Å²) in [6.07, 6.45) is 3.12. The van der Waals surface area contributed by atoms with Crippen molar-refractivity contribution in [2.24, 2.45) is 0 Å². The summed E-state index contributed by atoms with van der Waals surface area (Å²) in [7, 11) is 0. The number of carbonyl (C=O) groups excluding carboxylic acids is 1. The van der Waals surface area contributed by atoms with E-state index in [1.54, 1.807) is 29.2 Å². The third-order valence-corrected chi connectivity index (χ3v) is 5.82. The number of nitrogens with zero attached hydrogens (tertiary/aromatic N) is 4. The lowest BCUT2D eigenvalue weighted by Crippen LogP contribution is -2.48. The zero-order valence-corrected chi connectivity index (χ0v) is 16.1. The van der Waals surface area contributed by atoms with E-state index in [0.717, 1.165) is 15.4 Å². The molecule has 2 heterocycles. The number of anilines is 1. The first-order chi connectivity index (χ1) is 14.0. The van der Waals surface area contributed by atoms with Crippen LogP contribution in [0.25, 0.3) is 16.3 Å². The molecule has 0 aliphatic carbocycles. The van der Waals surface area contributed by atoms with Gasteiger partial charge in [-0.25, -0.2) is 9.37 Å². The van der Waals surface area contributed by atoms with Crippen LogP contribution in [0.2, 0.25) is 0 Å². The normalized spacial score (nSPS) is 14.7. The maximum absolute atomic E-state index is 13.9. The molecule has 0 bridgehead atoms. The number of hydrogen-bond donors (Lipinski definition) is 0. The van der Waals surface area contributed by atoms with Crippen molar-refractivity contribution in [2.45, 2.75) is 0 Å². The van der Waals surface area contributed by atoms with Crippen LogP contribution in [0.5, 0.6) is 0 Å². The molecule has 1 fully saturated rings. The Morgan fingerprint density at radius 3 is 2.52 bits per heavy atom. The molecule has 4 rings (SSSR count). The molecule has 0 saturated carbocycles. The number of piperazine rings is 1. The molecule has 0 unspecified atom stereocenters. The molecule has 0 atom stereocenters. The first-order valence-electron chi connectivity index (χ1n) is 9.03. The van der Waals surface area contributed by atoms with E-state index in [0.29, 0.717) is 31.7 Å². The fraction of sp³-hybridized carbons (Fsp3) is 0.200. The second kappa shape index (κ2) is 7.96. The van der Waals surface area contributed by atoms with Gasteiger partial charge in [0.2, 0.25) is 5.91 Å². The van der Waals surface area contributed by atoms with Gasteiger partial charge in [0.25, 0.3) is 5.69 Å². The van der Waals surface area contributed by atoms with E-state index < -0.39 is 4.92 Å². The van der Waals surface area contributed by atoms with E-state index in [4.69, 9.17) is 0 Å². The average Bonchev–Trinajstić information content (AvgIpc) is 3.18. The highest BCUT2D eigenvalue weighted by Crippen LogP contribution is 2.30. The number of para-hydroxylation sites is 1.